The minimum atomic E-state index is -0.0881. The highest BCUT2D eigenvalue weighted by Crippen LogP contribution is 2.10. The number of hydrogen-bond donors (Lipinski definition) is 3. The fourth-order valence-corrected chi connectivity index (χ4v) is 2.88. The summed E-state index contributed by atoms with van der Waals surface area (Å²) in [5.74, 6) is -0.0881. The zero-order valence-electron chi connectivity index (χ0n) is 14.5. The van der Waals surface area contributed by atoms with Gasteiger partial charge >= 0.3 is 0 Å². The number of morpholine rings is 1. The normalized spacial score (nSPS) is 21.1. The maximum absolute atomic E-state index is 11.9. The molecule has 1 aromatic rings. The molecule has 0 spiro atoms. The molecule has 132 valence electrons. The van der Waals surface area contributed by atoms with E-state index in [1.54, 1.807) is 0 Å². The number of aryl methyl sites for hydroxylation is 1. The van der Waals surface area contributed by atoms with Crippen molar-refractivity contribution in [2.45, 2.75) is 39.4 Å². The van der Waals surface area contributed by atoms with E-state index in [2.05, 4.69) is 34.9 Å². The van der Waals surface area contributed by atoms with E-state index in [0.717, 1.165) is 18.8 Å². The summed E-state index contributed by atoms with van der Waals surface area (Å²) in [4.78, 5) is 14.2. The summed E-state index contributed by atoms with van der Waals surface area (Å²) < 4.78 is 5.69. The highest BCUT2D eigenvalue weighted by atomic mass is 32.1. The van der Waals surface area contributed by atoms with Gasteiger partial charge in [0.15, 0.2) is 5.11 Å². The van der Waals surface area contributed by atoms with Gasteiger partial charge in [-0.15, -0.1) is 0 Å². The molecule has 1 heterocycles. The molecule has 2 rings (SSSR count). The van der Waals surface area contributed by atoms with Crippen molar-refractivity contribution in [3.05, 3.63) is 29.8 Å². The number of benzene rings is 1. The average Bonchev–Trinajstić information content (AvgIpc) is 2.52. The van der Waals surface area contributed by atoms with Crippen LogP contribution in [-0.4, -0.2) is 47.8 Å². The van der Waals surface area contributed by atoms with Gasteiger partial charge in [0.25, 0.3) is 0 Å². The molecular weight excluding hydrogens is 324 g/mol. The standard InChI is InChI=1S/C17H26N4O2S/c1-12-4-6-15(7-5-12)18-17(24)20-19-16(22)8-9-21-10-13(2)23-14(3)11-21/h4-7,13-14H,8-11H2,1-3H3,(H,19,22)(H2,18,20,24)/t13-,14+. The second kappa shape index (κ2) is 8.96. The second-order valence-electron chi connectivity index (χ2n) is 6.26. The van der Waals surface area contributed by atoms with Gasteiger partial charge in [-0.05, 0) is 45.1 Å². The predicted molar refractivity (Wildman–Crippen MR) is 99.7 cm³/mol. The van der Waals surface area contributed by atoms with Gasteiger partial charge in [-0.3, -0.25) is 20.5 Å². The third kappa shape index (κ3) is 6.43. The summed E-state index contributed by atoms with van der Waals surface area (Å²) in [5, 5.41) is 3.38. The summed E-state index contributed by atoms with van der Waals surface area (Å²) in [7, 11) is 0. The zero-order valence-corrected chi connectivity index (χ0v) is 15.3. The van der Waals surface area contributed by atoms with Gasteiger partial charge < -0.3 is 10.1 Å². The van der Waals surface area contributed by atoms with E-state index in [0.29, 0.717) is 18.1 Å². The summed E-state index contributed by atoms with van der Waals surface area (Å²) in [6, 6.07) is 7.86. The number of amides is 1. The largest absolute Gasteiger partial charge is 0.373 e. The van der Waals surface area contributed by atoms with Crippen molar-refractivity contribution in [2.75, 3.05) is 25.0 Å². The monoisotopic (exact) mass is 350 g/mol. The van der Waals surface area contributed by atoms with Crippen LogP contribution in [0.25, 0.3) is 0 Å². The van der Waals surface area contributed by atoms with Crippen molar-refractivity contribution in [3.8, 4) is 0 Å². The second-order valence-corrected chi connectivity index (χ2v) is 6.67. The molecule has 0 saturated carbocycles. The number of nitrogens with zero attached hydrogens (tertiary/aromatic N) is 1. The van der Waals surface area contributed by atoms with Gasteiger partial charge in [-0.1, -0.05) is 17.7 Å². The first-order valence-corrected chi connectivity index (χ1v) is 8.63. The van der Waals surface area contributed by atoms with Crippen molar-refractivity contribution >= 4 is 28.9 Å². The number of rotatable bonds is 4. The van der Waals surface area contributed by atoms with Crippen LogP contribution in [0.1, 0.15) is 25.8 Å². The number of ether oxygens (including phenoxy) is 1. The van der Waals surface area contributed by atoms with Gasteiger partial charge in [0.2, 0.25) is 5.91 Å². The Hall–Kier alpha value is -1.70. The molecule has 24 heavy (non-hydrogen) atoms. The van der Waals surface area contributed by atoms with Crippen LogP contribution in [0.5, 0.6) is 0 Å². The number of carbonyl (C=O) groups is 1. The minimum Gasteiger partial charge on any atom is -0.373 e. The van der Waals surface area contributed by atoms with Crippen LogP contribution < -0.4 is 16.2 Å². The molecule has 2 atom stereocenters. The highest BCUT2D eigenvalue weighted by Gasteiger charge is 2.22. The molecule has 1 fully saturated rings. The van der Waals surface area contributed by atoms with Crippen molar-refractivity contribution in [1.29, 1.82) is 0 Å². The number of hydrazine groups is 1. The molecule has 0 aromatic heterocycles. The first-order chi connectivity index (χ1) is 11.4. The third-order valence-electron chi connectivity index (χ3n) is 3.78. The summed E-state index contributed by atoms with van der Waals surface area (Å²) in [6.45, 7) is 8.57. The van der Waals surface area contributed by atoms with Crippen molar-refractivity contribution in [3.63, 3.8) is 0 Å². The smallest absolute Gasteiger partial charge is 0.239 e. The molecule has 6 nitrogen and oxygen atoms in total. The van der Waals surface area contributed by atoms with Crippen LogP contribution in [-0.2, 0) is 9.53 Å². The topological polar surface area (TPSA) is 65.6 Å². The molecule has 0 bridgehead atoms. The quantitative estimate of drug-likeness (QED) is 0.569. The lowest BCUT2D eigenvalue weighted by Gasteiger charge is -2.35. The van der Waals surface area contributed by atoms with E-state index >= 15 is 0 Å². The summed E-state index contributed by atoms with van der Waals surface area (Å²) in [5.41, 5.74) is 7.41. The first-order valence-electron chi connectivity index (χ1n) is 8.22. The third-order valence-corrected chi connectivity index (χ3v) is 3.98. The Morgan fingerprint density at radius 3 is 2.46 bits per heavy atom. The fourth-order valence-electron chi connectivity index (χ4n) is 2.71. The molecule has 1 amide bonds. The van der Waals surface area contributed by atoms with Crippen LogP contribution >= 0.6 is 12.2 Å². The van der Waals surface area contributed by atoms with Crippen LogP contribution in [0.15, 0.2) is 24.3 Å². The SMILES string of the molecule is Cc1ccc(NC(=S)NNC(=O)CCN2C[C@@H](C)O[C@@H](C)C2)cc1. The predicted octanol–water partition coefficient (Wildman–Crippen LogP) is 1.81. The molecule has 7 heteroatoms. The lowest BCUT2D eigenvalue weighted by Crippen LogP contribution is -2.48. The van der Waals surface area contributed by atoms with E-state index in [1.807, 2.05) is 31.2 Å². The number of carbonyl (C=O) groups excluding carboxylic acids is 1. The Morgan fingerprint density at radius 1 is 1.21 bits per heavy atom. The molecular formula is C17H26N4O2S. The van der Waals surface area contributed by atoms with Gasteiger partial charge in [0.05, 0.1) is 12.2 Å². The Morgan fingerprint density at radius 2 is 1.83 bits per heavy atom. The lowest BCUT2D eigenvalue weighted by atomic mass is 10.2. The van der Waals surface area contributed by atoms with Gasteiger partial charge in [0, 0.05) is 31.7 Å². The minimum absolute atomic E-state index is 0.0881. The Kier molecular flexibility index (Phi) is 6.96. The Balaban J connectivity index is 1.65. The molecule has 0 radical (unpaired) electrons. The number of thiocarbonyl (C=S) groups is 1. The fraction of sp³-hybridized carbons (Fsp3) is 0.529. The zero-order chi connectivity index (χ0) is 17.5. The number of anilines is 1. The van der Waals surface area contributed by atoms with Gasteiger partial charge in [0.1, 0.15) is 0 Å². The van der Waals surface area contributed by atoms with E-state index in [-0.39, 0.29) is 18.1 Å². The molecule has 1 aromatic carbocycles. The van der Waals surface area contributed by atoms with Crippen molar-refractivity contribution < 1.29 is 9.53 Å². The molecule has 0 unspecified atom stereocenters. The summed E-state index contributed by atoms with van der Waals surface area (Å²) in [6.07, 6.45) is 0.835. The highest BCUT2D eigenvalue weighted by molar-refractivity contribution is 7.80. The Bertz CT molecular complexity index is 554. The van der Waals surface area contributed by atoms with E-state index in [1.165, 1.54) is 5.56 Å². The van der Waals surface area contributed by atoms with Crippen LogP contribution in [0.2, 0.25) is 0 Å². The van der Waals surface area contributed by atoms with Crippen molar-refractivity contribution in [1.82, 2.24) is 15.8 Å². The lowest BCUT2D eigenvalue weighted by molar-refractivity contribution is -0.123. The van der Waals surface area contributed by atoms with E-state index in [9.17, 15) is 4.79 Å². The first kappa shape index (κ1) is 18.6. The molecule has 3 N–H and O–H groups in total. The van der Waals surface area contributed by atoms with Gasteiger partial charge in [-0.2, -0.15) is 0 Å². The maximum atomic E-state index is 11.9. The average molecular weight is 350 g/mol. The molecule has 1 aliphatic heterocycles. The van der Waals surface area contributed by atoms with Crippen molar-refractivity contribution in [2.24, 2.45) is 0 Å². The van der Waals surface area contributed by atoms with Crippen LogP contribution in [0.4, 0.5) is 5.69 Å². The van der Waals surface area contributed by atoms with Crippen LogP contribution in [0, 0.1) is 6.92 Å². The molecule has 0 aliphatic carbocycles. The number of hydrogen-bond acceptors (Lipinski definition) is 4. The maximum Gasteiger partial charge on any atom is 0.239 e. The summed E-state index contributed by atoms with van der Waals surface area (Å²) >= 11 is 5.16. The van der Waals surface area contributed by atoms with Gasteiger partial charge in [-0.25, -0.2) is 0 Å². The van der Waals surface area contributed by atoms with E-state index < -0.39 is 0 Å². The van der Waals surface area contributed by atoms with E-state index in [4.69, 9.17) is 17.0 Å². The molecule has 1 saturated heterocycles. The number of nitrogens with one attached hydrogen (secondary N) is 3. The molecule has 1 aliphatic rings. The Labute approximate surface area is 148 Å². The van der Waals surface area contributed by atoms with Crippen LogP contribution in [0.3, 0.4) is 0 Å².